The third kappa shape index (κ3) is 4.59. The smallest absolute Gasteiger partial charge is 0.354 e. The Kier molecular flexibility index (Phi) is 6.98. The molecule has 1 aliphatic carbocycles. The summed E-state index contributed by atoms with van der Waals surface area (Å²) in [4.78, 5) is 43.2. The van der Waals surface area contributed by atoms with Crippen LogP contribution in [0.3, 0.4) is 0 Å². The molecule has 0 atom stereocenters. The van der Waals surface area contributed by atoms with E-state index in [-0.39, 0.29) is 30.0 Å². The van der Waals surface area contributed by atoms with Gasteiger partial charge in [0.05, 0.1) is 13.7 Å². The Balaban J connectivity index is 1.90. The van der Waals surface area contributed by atoms with Gasteiger partial charge in [-0.05, 0) is 56.5 Å². The van der Waals surface area contributed by atoms with Gasteiger partial charge in [-0.1, -0.05) is 30.9 Å². The van der Waals surface area contributed by atoms with Gasteiger partial charge >= 0.3 is 5.97 Å². The van der Waals surface area contributed by atoms with Crippen molar-refractivity contribution in [1.29, 1.82) is 0 Å². The minimum Gasteiger partial charge on any atom is -0.464 e. The van der Waals surface area contributed by atoms with Crippen LogP contribution in [0.2, 0.25) is 5.02 Å². The summed E-state index contributed by atoms with van der Waals surface area (Å²) in [7, 11) is 1.30. The maximum absolute atomic E-state index is 13.3. The molecule has 0 saturated heterocycles. The number of esters is 1. The summed E-state index contributed by atoms with van der Waals surface area (Å²) >= 11 is 5.96. The van der Waals surface area contributed by atoms with Gasteiger partial charge in [-0.25, -0.2) is 4.79 Å². The molecule has 2 aromatic rings. The van der Waals surface area contributed by atoms with Crippen molar-refractivity contribution in [3.8, 4) is 0 Å². The molecule has 0 radical (unpaired) electrons. The number of methoxy groups -OCH3 is 1. The van der Waals surface area contributed by atoms with Gasteiger partial charge in [-0.15, -0.1) is 0 Å². The van der Waals surface area contributed by atoms with Crippen LogP contribution in [0.4, 0.5) is 0 Å². The van der Waals surface area contributed by atoms with Crippen molar-refractivity contribution in [3.63, 3.8) is 0 Å². The number of carbonyl (C=O) groups is 3. The fourth-order valence-corrected chi connectivity index (χ4v) is 4.35. The molecule has 7 heteroatoms. The fourth-order valence-electron chi connectivity index (χ4n) is 4.23. The van der Waals surface area contributed by atoms with Crippen molar-refractivity contribution >= 4 is 29.3 Å². The van der Waals surface area contributed by atoms with Crippen LogP contribution in [-0.2, 0) is 4.74 Å². The van der Waals surface area contributed by atoms with E-state index < -0.39 is 5.97 Å². The van der Waals surface area contributed by atoms with Crippen LogP contribution in [0.25, 0.3) is 0 Å². The van der Waals surface area contributed by atoms with E-state index in [0.717, 1.165) is 32.1 Å². The normalized spacial score (nSPS) is 14.4. The number of Topliss-reactive ketones (excluding diaryl/α,β-unsaturated/α-hetero) is 1. The Morgan fingerprint density at radius 2 is 1.73 bits per heavy atom. The number of hydrogen-bond donors (Lipinski definition) is 1. The lowest BCUT2D eigenvalue weighted by Crippen LogP contribution is -2.44. The lowest BCUT2D eigenvalue weighted by atomic mass is 9.93. The van der Waals surface area contributed by atoms with E-state index in [4.69, 9.17) is 16.3 Å². The van der Waals surface area contributed by atoms with Gasteiger partial charge in [-0.3, -0.25) is 9.59 Å². The van der Waals surface area contributed by atoms with E-state index in [1.165, 1.54) is 7.11 Å². The van der Waals surface area contributed by atoms with Gasteiger partial charge in [-0.2, -0.15) is 0 Å². The fraction of sp³-hybridized carbons (Fsp3) is 0.435. The molecule has 1 heterocycles. The van der Waals surface area contributed by atoms with E-state index in [2.05, 4.69) is 4.98 Å². The highest BCUT2D eigenvalue weighted by Crippen LogP contribution is 2.26. The second-order valence-electron chi connectivity index (χ2n) is 7.77. The number of H-pyrrole nitrogens is 1. The Hall–Kier alpha value is -2.60. The molecule has 1 N–H and O–H groups in total. The van der Waals surface area contributed by atoms with Crippen molar-refractivity contribution in [2.24, 2.45) is 0 Å². The minimum atomic E-state index is -0.518. The molecule has 1 fully saturated rings. The van der Waals surface area contributed by atoms with Crippen molar-refractivity contribution in [2.75, 3.05) is 13.7 Å². The number of rotatable bonds is 6. The summed E-state index contributed by atoms with van der Waals surface area (Å²) in [6, 6.07) is 6.75. The van der Waals surface area contributed by atoms with Gasteiger partial charge in [0.1, 0.15) is 5.69 Å². The molecular weight excluding hydrogens is 404 g/mol. The van der Waals surface area contributed by atoms with Crippen LogP contribution in [0.1, 0.15) is 74.6 Å². The zero-order valence-electron chi connectivity index (χ0n) is 17.6. The lowest BCUT2D eigenvalue weighted by Gasteiger charge is -2.34. The van der Waals surface area contributed by atoms with Crippen LogP contribution in [0.5, 0.6) is 0 Å². The molecule has 3 rings (SSSR count). The number of nitrogens with zero attached hydrogens (tertiary/aromatic N) is 1. The first-order valence-electron chi connectivity index (χ1n) is 10.2. The summed E-state index contributed by atoms with van der Waals surface area (Å²) in [5.41, 5.74) is 2.37. The van der Waals surface area contributed by atoms with Crippen molar-refractivity contribution in [2.45, 2.75) is 52.0 Å². The molecule has 1 aliphatic rings. The summed E-state index contributed by atoms with van der Waals surface area (Å²) in [5.74, 6) is -0.883. The number of ether oxygens (including phenoxy) is 1. The predicted molar refractivity (Wildman–Crippen MR) is 115 cm³/mol. The number of ketones is 1. The number of halogens is 1. The number of benzene rings is 1. The van der Waals surface area contributed by atoms with E-state index in [1.807, 2.05) is 0 Å². The summed E-state index contributed by atoms with van der Waals surface area (Å²) in [6.45, 7) is 3.43. The number of aromatic nitrogens is 1. The first-order chi connectivity index (χ1) is 14.3. The Bertz CT molecular complexity index is 943. The van der Waals surface area contributed by atoms with Gasteiger partial charge < -0.3 is 14.6 Å². The highest BCUT2D eigenvalue weighted by Gasteiger charge is 2.30. The molecule has 160 valence electrons. The first-order valence-corrected chi connectivity index (χ1v) is 10.6. The average Bonchev–Trinajstić information content (AvgIpc) is 3.06. The Morgan fingerprint density at radius 1 is 1.10 bits per heavy atom. The number of aryl methyl sites for hydroxylation is 1. The van der Waals surface area contributed by atoms with Crippen molar-refractivity contribution < 1.29 is 19.1 Å². The SMILES string of the molecule is COC(=O)c1[nH]c(C)c(C(=O)CN(C(=O)c2ccc(Cl)cc2)C2CCCCC2)c1C. The standard InChI is InChI=1S/C23H27ClN2O4/c1-14-20(15(2)25-21(14)23(29)30-3)19(27)13-26(18-7-5-4-6-8-18)22(28)16-9-11-17(24)12-10-16/h9-12,18,25H,4-8,13H2,1-3H3. The monoisotopic (exact) mass is 430 g/mol. The molecule has 1 saturated carbocycles. The Labute approximate surface area is 181 Å². The third-order valence-corrected chi connectivity index (χ3v) is 6.04. The quantitative estimate of drug-likeness (QED) is 0.530. The van der Waals surface area contributed by atoms with Crippen LogP contribution in [0, 0.1) is 13.8 Å². The third-order valence-electron chi connectivity index (χ3n) is 5.79. The Morgan fingerprint density at radius 3 is 2.33 bits per heavy atom. The molecular formula is C23H27ClN2O4. The predicted octanol–water partition coefficient (Wildman–Crippen LogP) is 4.73. The number of amides is 1. The molecule has 1 amide bonds. The molecule has 0 aliphatic heterocycles. The topological polar surface area (TPSA) is 79.5 Å². The average molecular weight is 431 g/mol. The van der Waals surface area contributed by atoms with Crippen LogP contribution >= 0.6 is 11.6 Å². The highest BCUT2D eigenvalue weighted by molar-refractivity contribution is 6.30. The molecule has 30 heavy (non-hydrogen) atoms. The van der Waals surface area contributed by atoms with E-state index in [9.17, 15) is 14.4 Å². The second kappa shape index (κ2) is 9.47. The molecule has 0 bridgehead atoms. The molecule has 0 unspecified atom stereocenters. The van der Waals surface area contributed by atoms with E-state index >= 15 is 0 Å². The molecule has 6 nitrogen and oxygen atoms in total. The first kappa shape index (κ1) is 22.1. The zero-order valence-corrected chi connectivity index (χ0v) is 18.3. The molecule has 0 spiro atoms. The van der Waals surface area contributed by atoms with Crippen LogP contribution < -0.4 is 0 Å². The van der Waals surface area contributed by atoms with Gasteiger partial charge in [0.2, 0.25) is 0 Å². The summed E-state index contributed by atoms with van der Waals surface area (Å²) in [5, 5.41) is 0.556. The van der Waals surface area contributed by atoms with Gasteiger partial charge in [0.25, 0.3) is 5.91 Å². The maximum Gasteiger partial charge on any atom is 0.354 e. The van der Waals surface area contributed by atoms with Gasteiger partial charge in [0.15, 0.2) is 5.78 Å². The van der Waals surface area contributed by atoms with Crippen LogP contribution in [0.15, 0.2) is 24.3 Å². The van der Waals surface area contributed by atoms with Crippen LogP contribution in [-0.4, -0.2) is 47.2 Å². The maximum atomic E-state index is 13.3. The lowest BCUT2D eigenvalue weighted by molar-refractivity contribution is 0.0588. The molecule has 1 aromatic carbocycles. The minimum absolute atomic E-state index is 0.0190. The molecule has 1 aromatic heterocycles. The number of nitrogens with one attached hydrogen (secondary N) is 1. The number of carbonyl (C=O) groups excluding carboxylic acids is 3. The largest absolute Gasteiger partial charge is 0.464 e. The summed E-state index contributed by atoms with van der Waals surface area (Å²) in [6.07, 6.45) is 4.98. The van der Waals surface area contributed by atoms with E-state index in [1.54, 1.807) is 43.0 Å². The summed E-state index contributed by atoms with van der Waals surface area (Å²) < 4.78 is 4.79. The van der Waals surface area contributed by atoms with Crippen molar-refractivity contribution in [1.82, 2.24) is 9.88 Å². The number of hydrogen-bond acceptors (Lipinski definition) is 4. The highest BCUT2D eigenvalue weighted by atomic mass is 35.5. The van der Waals surface area contributed by atoms with E-state index in [0.29, 0.717) is 27.4 Å². The number of aromatic amines is 1. The van der Waals surface area contributed by atoms with Gasteiger partial charge in [0, 0.05) is 27.9 Å². The van der Waals surface area contributed by atoms with Crippen molar-refractivity contribution in [3.05, 3.63) is 57.4 Å². The second-order valence-corrected chi connectivity index (χ2v) is 8.21. The zero-order chi connectivity index (χ0) is 21.8.